The highest BCUT2D eigenvalue weighted by atomic mass is 32.1. The van der Waals surface area contributed by atoms with E-state index < -0.39 is 5.54 Å². The van der Waals surface area contributed by atoms with E-state index in [0.29, 0.717) is 5.69 Å². The number of hydrogen-bond donors (Lipinski definition) is 0. The summed E-state index contributed by atoms with van der Waals surface area (Å²) in [5.74, 6) is -0.0305. The number of aromatic nitrogens is 1. The van der Waals surface area contributed by atoms with Gasteiger partial charge in [0.1, 0.15) is 16.2 Å². The van der Waals surface area contributed by atoms with Crippen LogP contribution >= 0.6 is 11.3 Å². The molecule has 1 unspecified atom stereocenters. The minimum atomic E-state index is -0.527. The molecular weight excluding hydrogens is 316 g/mol. The summed E-state index contributed by atoms with van der Waals surface area (Å²) in [4.78, 5) is 20.6. The van der Waals surface area contributed by atoms with Crippen molar-refractivity contribution in [2.45, 2.75) is 12.5 Å². The lowest BCUT2D eigenvalue weighted by molar-refractivity contribution is 0.0984. The molecule has 2 aliphatic rings. The van der Waals surface area contributed by atoms with Gasteiger partial charge in [-0.1, -0.05) is 55.1 Å². The van der Waals surface area contributed by atoms with Gasteiger partial charge in [0.2, 0.25) is 0 Å². The van der Waals surface area contributed by atoms with Gasteiger partial charge in [-0.15, -0.1) is 11.3 Å². The minimum absolute atomic E-state index is 0.0305. The molecule has 3 aromatic rings. The number of benzene rings is 2. The molecule has 116 valence electrons. The van der Waals surface area contributed by atoms with Crippen LogP contribution in [0.3, 0.4) is 0 Å². The maximum atomic E-state index is 13.1. The van der Waals surface area contributed by atoms with Gasteiger partial charge >= 0.3 is 0 Å². The standard InChI is InChI=1S/C20H14N2OS/c1-12-14-10-6-7-11-15(14)22-19(23)16-17(20(12,22)2)24-18(21-16)13-8-4-3-5-9-13/h3-11H,1H2,2H3. The first-order valence-electron chi connectivity index (χ1n) is 7.82. The molecule has 24 heavy (non-hydrogen) atoms. The first-order valence-corrected chi connectivity index (χ1v) is 8.64. The molecule has 1 aromatic heterocycles. The molecule has 0 aliphatic carbocycles. The molecule has 0 fully saturated rings. The fourth-order valence-electron chi connectivity index (χ4n) is 3.72. The van der Waals surface area contributed by atoms with Crippen LogP contribution in [0.15, 0.2) is 61.2 Å². The third kappa shape index (κ3) is 1.47. The van der Waals surface area contributed by atoms with Crippen molar-refractivity contribution >= 4 is 28.5 Å². The number of anilines is 1. The van der Waals surface area contributed by atoms with E-state index in [2.05, 4.69) is 18.5 Å². The Morgan fingerprint density at radius 1 is 1.08 bits per heavy atom. The van der Waals surface area contributed by atoms with Crippen molar-refractivity contribution in [1.29, 1.82) is 0 Å². The lowest BCUT2D eigenvalue weighted by Crippen LogP contribution is -2.37. The van der Waals surface area contributed by atoms with Gasteiger partial charge in [-0.2, -0.15) is 0 Å². The third-order valence-electron chi connectivity index (χ3n) is 5.00. The van der Waals surface area contributed by atoms with Gasteiger partial charge in [-0.3, -0.25) is 9.69 Å². The number of hydrogen-bond acceptors (Lipinski definition) is 3. The average Bonchev–Trinajstić information content (AvgIpc) is 3.21. The van der Waals surface area contributed by atoms with Gasteiger partial charge in [0.05, 0.1) is 10.6 Å². The molecule has 1 amide bonds. The monoisotopic (exact) mass is 330 g/mol. The van der Waals surface area contributed by atoms with Crippen molar-refractivity contribution in [3.63, 3.8) is 0 Å². The van der Waals surface area contributed by atoms with Crippen LogP contribution in [0.25, 0.3) is 16.1 Å². The van der Waals surface area contributed by atoms with E-state index in [1.165, 1.54) is 0 Å². The van der Waals surface area contributed by atoms with Crippen molar-refractivity contribution in [1.82, 2.24) is 4.98 Å². The van der Waals surface area contributed by atoms with E-state index in [9.17, 15) is 4.79 Å². The summed E-state index contributed by atoms with van der Waals surface area (Å²) in [6.07, 6.45) is 0. The maximum Gasteiger partial charge on any atom is 0.279 e. The van der Waals surface area contributed by atoms with Crippen LogP contribution in [-0.2, 0) is 5.54 Å². The zero-order valence-corrected chi connectivity index (χ0v) is 13.9. The van der Waals surface area contributed by atoms with Crippen LogP contribution in [0, 0.1) is 0 Å². The SMILES string of the molecule is C=C1c2ccccc2N2C(=O)c3nc(-c4ccccc4)sc3C12C. The van der Waals surface area contributed by atoms with E-state index in [-0.39, 0.29) is 5.91 Å². The first kappa shape index (κ1) is 13.7. The van der Waals surface area contributed by atoms with Crippen molar-refractivity contribution in [3.8, 4) is 10.6 Å². The summed E-state index contributed by atoms with van der Waals surface area (Å²) in [5.41, 5.74) is 4.03. The lowest BCUT2D eigenvalue weighted by atomic mass is 9.91. The Kier molecular flexibility index (Phi) is 2.52. The van der Waals surface area contributed by atoms with Crippen LogP contribution in [0.2, 0.25) is 0 Å². The zero-order valence-electron chi connectivity index (χ0n) is 13.1. The van der Waals surface area contributed by atoms with Gasteiger partial charge in [0.15, 0.2) is 0 Å². The molecule has 3 nitrogen and oxygen atoms in total. The quantitative estimate of drug-likeness (QED) is 0.647. The second kappa shape index (κ2) is 4.42. The summed E-state index contributed by atoms with van der Waals surface area (Å²) >= 11 is 1.59. The van der Waals surface area contributed by atoms with Gasteiger partial charge in [-0.05, 0) is 18.6 Å². The minimum Gasteiger partial charge on any atom is -0.291 e. The van der Waals surface area contributed by atoms with Gasteiger partial charge < -0.3 is 0 Å². The van der Waals surface area contributed by atoms with Gasteiger partial charge in [-0.25, -0.2) is 4.98 Å². The van der Waals surface area contributed by atoms with Gasteiger partial charge in [0.25, 0.3) is 5.91 Å². The fourth-order valence-corrected chi connectivity index (χ4v) is 4.95. The molecule has 5 rings (SSSR count). The smallest absolute Gasteiger partial charge is 0.279 e. The Morgan fingerprint density at radius 2 is 1.79 bits per heavy atom. The molecule has 0 spiro atoms. The van der Waals surface area contributed by atoms with Crippen molar-refractivity contribution < 1.29 is 4.79 Å². The second-order valence-electron chi connectivity index (χ2n) is 6.27. The van der Waals surface area contributed by atoms with Crippen LogP contribution in [0.4, 0.5) is 5.69 Å². The van der Waals surface area contributed by atoms with Crippen LogP contribution in [-0.4, -0.2) is 10.9 Å². The number of thiazole rings is 1. The molecule has 0 N–H and O–H groups in total. The Morgan fingerprint density at radius 3 is 2.58 bits per heavy atom. The topological polar surface area (TPSA) is 33.2 Å². The summed E-state index contributed by atoms with van der Waals surface area (Å²) in [6, 6.07) is 18.0. The van der Waals surface area contributed by atoms with Gasteiger partial charge in [0, 0.05) is 11.1 Å². The number of rotatable bonds is 1. The normalized spacial score (nSPS) is 21.0. The number of carbonyl (C=O) groups excluding carboxylic acids is 1. The van der Waals surface area contributed by atoms with Crippen LogP contribution < -0.4 is 4.90 Å². The molecule has 2 aromatic carbocycles. The van der Waals surface area contributed by atoms with E-state index in [0.717, 1.165) is 32.3 Å². The predicted molar refractivity (Wildman–Crippen MR) is 97.2 cm³/mol. The van der Waals surface area contributed by atoms with E-state index >= 15 is 0 Å². The Hall–Kier alpha value is -2.72. The number of amides is 1. The number of nitrogens with zero attached hydrogens (tertiary/aromatic N) is 2. The highest BCUT2D eigenvalue weighted by Crippen LogP contribution is 2.58. The molecule has 2 aliphatic heterocycles. The largest absolute Gasteiger partial charge is 0.291 e. The molecular formula is C20H14N2OS. The Labute approximate surface area is 143 Å². The van der Waals surface area contributed by atoms with E-state index in [4.69, 9.17) is 0 Å². The summed E-state index contributed by atoms with van der Waals surface area (Å²) < 4.78 is 0. The fraction of sp³-hybridized carbons (Fsp3) is 0.100. The molecule has 0 radical (unpaired) electrons. The molecule has 1 atom stereocenters. The molecule has 0 saturated carbocycles. The summed E-state index contributed by atoms with van der Waals surface area (Å²) in [5, 5.41) is 0.888. The van der Waals surface area contributed by atoms with Crippen molar-refractivity contribution in [2.75, 3.05) is 4.90 Å². The molecule has 4 heteroatoms. The molecule has 0 saturated heterocycles. The number of para-hydroxylation sites is 1. The highest BCUT2D eigenvalue weighted by molar-refractivity contribution is 7.15. The number of fused-ring (bicyclic) bond motifs is 5. The second-order valence-corrected chi connectivity index (χ2v) is 7.27. The predicted octanol–water partition coefficient (Wildman–Crippen LogP) is 4.71. The third-order valence-corrected chi connectivity index (χ3v) is 6.32. The maximum absolute atomic E-state index is 13.1. The Bertz CT molecular complexity index is 1020. The van der Waals surface area contributed by atoms with E-state index in [1.807, 2.05) is 59.5 Å². The van der Waals surface area contributed by atoms with Crippen molar-refractivity contribution in [2.24, 2.45) is 0 Å². The van der Waals surface area contributed by atoms with Crippen LogP contribution in [0.5, 0.6) is 0 Å². The molecule has 0 bridgehead atoms. The summed E-state index contributed by atoms with van der Waals surface area (Å²) in [7, 11) is 0. The lowest BCUT2D eigenvalue weighted by Gasteiger charge is -2.29. The first-order chi connectivity index (χ1) is 11.6. The zero-order chi connectivity index (χ0) is 16.5. The number of carbonyl (C=O) groups is 1. The summed E-state index contributed by atoms with van der Waals surface area (Å²) in [6.45, 7) is 6.39. The highest BCUT2D eigenvalue weighted by Gasteiger charge is 2.56. The van der Waals surface area contributed by atoms with Crippen molar-refractivity contribution in [3.05, 3.63) is 77.3 Å². The van der Waals surface area contributed by atoms with E-state index in [1.54, 1.807) is 11.3 Å². The average molecular weight is 330 g/mol. The van der Waals surface area contributed by atoms with Crippen LogP contribution in [0.1, 0.15) is 27.9 Å². The molecule has 3 heterocycles. The Balaban J connectivity index is 1.73.